The second kappa shape index (κ2) is 6.90. The van der Waals surface area contributed by atoms with Crippen molar-refractivity contribution in [1.29, 1.82) is 0 Å². The van der Waals surface area contributed by atoms with Gasteiger partial charge in [-0.15, -0.1) is 0 Å². The Morgan fingerprint density at radius 3 is 2.70 bits per heavy atom. The largest absolute Gasteiger partial charge is 0.337 e. The molecule has 0 bridgehead atoms. The summed E-state index contributed by atoms with van der Waals surface area (Å²) in [7, 11) is 2.17. The van der Waals surface area contributed by atoms with E-state index < -0.39 is 0 Å². The van der Waals surface area contributed by atoms with Crippen molar-refractivity contribution in [2.75, 3.05) is 33.2 Å². The Kier molecular flexibility index (Phi) is 5.44. The van der Waals surface area contributed by atoms with Crippen LogP contribution in [-0.4, -0.2) is 60.5 Å². The molecule has 2 rings (SSSR count). The Morgan fingerprint density at radius 1 is 1.30 bits per heavy atom. The van der Waals surface area contributed by atoms with E-state index >= 15 is 0 Å². The maximum atomic E-state index is 13.2. The van der Waals surface area contributed by atoms with Gasteiger partial charge in [0.2, 0.25) is 5.91 Å². The summed E-state index contributed by atoms with van der Waals surface area (Å²) < 4.78 is 0. The summed E-state index contributed by atoms with van der Waals surface area (Å²) in [5.41, 5.74) is -0.259. The van der Waals surface area contributed by atoms with Crippen molar-refractivity contribution in [3.8, 4) is 0 Å². The normalized spacial score (nSPS) is 32.4. The maximum absolute atomic E-state index is 13.2. The van der Waals surface area contributed by atoms with E-state index in [9.17, 15) is 4.79 Å². The van der Waals surface area contributed by atoms with Crippen LogP contribution in [0.1, 0.15) is 52.4 Å². The minimum absolute atomic E-state index is 0.259. The van der Waals surface area contributed by atoms with Gasteiger partial charge >= 0.3 is 0 Å². The molecule has 2 unspecified atom stereocenters. The molecule has 4 heteroatoms. The summed E-state index contributed by atoms with van der Waals surface area (Å²) in [5.74, 6) is 0.374. The number of hydrogen-bond donors (Lipinski definition) is 1. The number of likely N-dealkylation sites (N-methyl/N-ethyl adjacent to an activating group) is 1. The Hall–Kier alpha value is -0.610. The van der Waals surface area contributed by atoms with Gasteiger partial charge < -0.3 is 15.1 Å². The fraction of sp³-hybridized carbons (Fsp3) is 0.938. The molecule has 4 nitrogen and oxygen atoms in total. The highest BCUT2D eigenvalue weighted by Crippen LogP contribution is 2.29. The highest BCUT2D eigenvalue weighted by molar-refractivity contribution is 5.87. The monoisotopic (exact) mass is 281 g/mol. The minimum atomic E-state index is -0.259. The van der Waals surface area contributed by atoms with Crippen molar-refractivity contribution < 1.29 is 4.79 Å². The van der Waals surface area contributed by atoms with Gasteiger partial charge in [-0.1, -0.05) is 20.3 Å². The molecular weight excluding hydrogens is 250 g/mol. The van der Waals surface area contributed by atoms with Gasteiger partial charge in [-0.25, -0.2) is 0 Å². The first kappa shape index (κ1) is 15.8. The number of carbonyl (C=O) groups is 1. The number of nitrogens with zero attached hydrogens (tertiary/aromatic N) is 2. The van der Waals surface area contributed by atoms with Gasteiger partial charge in [0, 0.05) is 19.1 Å². The van der Waals surface area contributed by atoms with Crippen LogP contribution in [-0.2, 0) is 4.79 Å². The molecule has 2 saturated heterocycles. The molecule has 0 aromatic carbocycles. The standard InChI is InChI=1S/C16H31N3O/c1-4-8-16(9-6-10-17-16)15(20)19-12-7-11-18(3)13-14(19)5-2/h14,17H,4-13H2,1-3H3. The van der Waals surface area contributed by atoms with E-state index in [1.807, 2.05) is 0 Å². The van der Waals surface area contributed by atoms with Gasteiger partial charge in [0.05, 0.1) is 5.54 Å². The smallest absolute Gasteiger partial charge is 0.243 e. The summed E-state index contributed by atoms with van der Waals surface area (Å²) in [5, 5.41) is 3.54. The van der Waals surface area contributed by atoms with Crippen LogP contribution in [0.2, 0.25) is 0 Å². The van der Waals surface area contributed by atoms with Crippen LogP contribution >= 0.6 is 0 Å². The molecule has 0 saturated carbocycles. The van der Waals surface area contributed by atoms with E-state index in [4.69, 9.17) is 0 Å². The maximum Gasteiger partial charge on any atom is 0.243 e. The van der Waals surface area contributed by atoms with E-state index in [2.05, 4.69) is 36.0 Å². The lowest BCUT2D eigenvalue weighted by Gasteiger charge is -2.38. The van der Waals surface area contributed by atoms with Crippen LogP contribution in [0.4, 0.5) is 0 Å². The third-order valence-corrected chi connectivity index (χ3v) is 4.96. The van der Waals surface area contributed by atoms with Gasteiger partial charge in [-0.3, -0.25) is 4.79 Å². The van der Waals surface area contributed by atoms with Crippen molar-refractivity contribution >= 4 is 5.91 Å². The van der Waals surface area contributed by atoms with Crippen LogP contribution < -0.4 is 5.32 Å². The molecular formula is C16H31N3O. The molecule has 0 aliphatic carbocycles. The fourth-order valence-electron chi connectivity index (χ4n) is 3.87. The van der Waals surface area contributed by atoms with E-state index in [1.165, 1.54) is 0 Å². The average Bonchev–Trinajstić information content (AvgIpc) is 2.82. The lowest BCUT2D eigenvalue weighted by Crippen LogP contribution is -2.58. The van der Waals surface area contributed by atoms with E-state index in [0.29, 0.717) is 11.9 Å². The lowest BCUT2D eigenvalue weighted by molar-refractivity contribution is -0.140. The fourth-order valence-corrected chi connectivity index (χ4v) is 3.87. The second-order valence-corrected chi connectivity index (χ2v) is 6.54. The third-order valence-electron chi connectivity index (χ3n) is 4.96. The Balaban J connectivity index is 2.15. The number of carbonyl (C=O) groups excluding carboxylic acids is 1. The molecule has 1 amide bonds. The first-order valence-corrected chi connectivity index (χ1v) is 8.37. The molecule has 116 valence electrons. The second-order valence-electron chi connectivity index (χ2n) is 6.54. The van der Waals surface area contributed by atoms with Crippen molar-refractivity contribution in [3.63, 3.8) is 0 Å². The molecule has 2 aliphatic rings. The van der Waals surface area contributed by atoms with Crippen molar-refractivity contribution in [2.45, 2.75) is 64.0 Å². The molecule has 2 atom stereocenters. The predicted molar refractivity (Wildman–Crippen MR) is 82.8 cm³/mol. The van der Waals surface area contributed by atoms with Gasteiger partial charge in [-0.2, -0.15) is 0 Å². The molecule has 1 N–H and O–H groups in total. The summed E-state index contributed by atoms with van der Waals surface area (Å²) in [6.07, 6.45) is 6.36. The van der Waals surface area contributed by atoms with Crippen molar-refractivity contribution in [3.05, 3.63) is 0 Å². The first-order valence-electron chi connectivity index (χ1n) is 8.37. The molecule has 0 aromatic heterocycles. The number of nitrogens with one attached hydrogen (secondary N) is 1. The van der Waals surface area contributed by atoms with Gasteiger partial charge in [0.25, 0.3) is 0 Å². The van der Waals surface area contributed by atoms with Crippen LogP contribution in [0.25, 0.3) is 0 Å². The van der Waals surface area contributed by atoms with Crippen molar-refractivity contribution in [1.82, 2.24) is 15.1 Å². The quantitative estimate of drug-likeness (QED) is 0.854. The molecule has 20 heavy (non-hydrogen) atoms. The molecule has 0 spiro atoms. The van der Waals surface area contributed by atoms with Gasteiger partial charge in [0.1, 0.15) is 0 Å². The minimum Gasteiger partial charge on any atom is -0.337 e. The third kappa shape index (κ3) is 3.17. The first-order chi connectivity index (χ1) is 9.63. The van der Waals surface area contributed by atoms with E-state index in [1.54, 1.807) is 0 Å². The number of rotatable bonds is 4. The Bertz CT molecular complexity index is 326. The SMILES string of the molecule is CCCC1(C(=O)N2CCCN(C)CC2CC)CCCN1. The highest BCUT2D eigenvalue weighted by Gasteiger charge is 2.44. The van der Waals surface area contributed by atoms with Crippen LogP contribution in [0.15, 0.2) is 0 Å². The zero-order chi connectivity index (χ0) is 14.6. The van der Waals surface area contributed by atoms with E-state index in [0.717, 1.165) is 64.7 Å². The van der Waals surface area contributed by atoms with E-state index in [-0.39, 0.29) is 5.54 Å². The van der Waals surface area contributed by atoms with Crippen LogP contribution in [0.5, 0.6) is 0 Å². The molecule has 0 aromatic rings. The van der Waals surface area contributed by atoms with Crippen LogP contribution in [0.3, 0.4) is 0 Å². The zero-order valence-corrected chi connectivity index (χ0v) is 13.5. The topological polar surface area (TPSA) is 35.6 Å². The molecule has 0 radical (unpaired) electrons. The van der Waals surface area contributed by atoms with Crippen molar-refractivity contribution in [2.24, 2.45) is 0 Å². The Morgan fingerprint density at radius 2 is 2.10 bits per heavy atom. The highest BCUT2D eigenvalue weighted by atomic mass is 16.2. The number of hydrogen-bond acceptors (Lipinski definition) is 3. The summed E-state index contributed by atoms with van der Waals surface area (Å²) in [6.45, 7) is 8.44. The zero-order valence-electron chi connectivity index (χ0n) is 13.5. The summed E-state index contributed by atoms with van der Waals surface area (Å²) in [4.78, 5) is 17.7. The lowest BCUT2D eigenvalue weighted by atomic mass is 9.89. The average molecular weight is 281 g/mol. The van der Waals surface area contributed by atoms with Crippen LogP contribution in [0, 0.1) is 0 Å². The number of amides is 1. The summed E-state index contributed by atoms with van der Waals surface area (Å²) in [6, 6.07) is 0.381. The molecule has 2 heterocycles. The predicted octanol–water partition coefficient (Wildman–Crippen LogP) is 1.85. The van der Waals surface area contributed by atoms with Gasteiger partial charge in [-0.05, 0) is 52.2 Å². The molecule has 2 fully saturated rings. The Labute approximate surface area is 123 Å². The molecule has 2 aliphatic heterocycles. The summed E-state index contributed by atoms with van der Waals surface area (Å²) >= 11 is 0. The van der Waals surface area contributed by atoms with Gasteiger partial charge in [0.15, 0.2) is 0 Å².